The van der Waals surface area contributed by atoms with E-state index in [9.17, 15) is 0 Å². The standard InChI is InChI=1S/C15H19BrN2S/c1-3-18(13-6-4-5-11(2)7-13)14(9-17)15-8-12(16)10-19-15/h4-8,10,14H,3,9,17H2,1-2H3. The molecule has 2 rings (SSSR count). The van der Waals surface area contributed by atoms with Gasteiger partial charge in [-0.15, -0.1) is 11.3 Å². The second-order valence-electron chi connectivity index (χ2n) is 4.54. The maximum Gasteiger partial charge on any atom is 0.0757 e. The molecule has 0 amide bonds. The molecule has 0 fully saturated rings. The third-order valence-corrected chi connectivity index (χ3v) is 4.98. The van der Waals surface area contributed by atoms with Gasteiger partial charge in [-0.1, -0.05) is 12.1 Å². The van der Waals surface area contributed by atoms with Gasteiger partial charge in [0.15, 0.2) is 0 Å². The number of likely N-dealkylation sites (N-methyl/N-ethyl adjacent to an activating group) is 1. The molecule has 1 aromatic heterocycles. The Morgan fingerprint density at radius 1 is 1.37 bits per heavy atom. The maximum absolute atomic E-state index is 6.02. The lowest BCUT2D eigenvalue weighted by Gasteiger charge is -2.31. The Morgan fingerprint density at radius 3 is 2.68 bits per heavy atom. The first-order chi connectivity index (χ1) is 9.15. The zero-order chi connectivity index (χ0) is 13.8. The number of rotatable bonds is 5. The van der Waals surface area contributed by atoms with Crippen LogP contribution >= 0.6 is 27.3 Å². The minimum atomic E-state index is 0.239. The Bertz CT molecular complexity index is 538. The fraction of sp³-hybridized carbons (Fsp3) is 0.333. The van der Waals surface area contributed by atoms with E-state index in [0.29, 0.717) is 6.54 Å². The smallest absolute Gasteiger partial charge is 0.0757 e. The van der Waals surface area contributed by atoms with Crippen molar-refractivity contribution < 1.29 is 0 Å². The van der Waals surface area contributed by atoms with E-state index in [-0.39, 0.29) is 6.04 Å². The van der Waals surface area contributed by atoms with E-state index in [4.69, 9.17) is 5.73 Å². The van der Waals surface area contributed by atoms with Crippen LogP contribution in [-0.2, 0) is 0 Å². The topological polar surface area (TPSA) is 29.3 Å². The average Bonchev–Trinajstić information content (AvgIpc) is 2.82. The Balaban J connectivity index is 2.33. The molecule has 2 N–H and O–H groups in total. The fourth-order valence-corrected chi connectivity index (χ4v) is 3.86. The van der Waals surface area contributed by atoms with E-state index >= 15 is 0 Å². The summed E-state index contributed by atoms with van der Waals surface area (Å²) in [5.74, 6) is 0. The fourth-order valence-electron chi connectivity index (χ4n) is 2.29. The molecular formula is C15H19BrN2S. The van der Waals surface area contributed by atoms with E-state index in [2.05, 4.69) is 70.4 Å². The van der Waals surface area contributed by atoms with Crippen molar-refractivity contribution in [2.75, 3.05) is 18.0 Å². The predicted octanol–water partition coefficient (Wildman–Crippen LogP) is 4.35. The van der Waals surface area contributed by atoms with Crippen molar-refractivity contribution >= 4 is 33.0 Å². The van der Waals surface area contributed by atoms with Crippen LogP contribution in [0.2, 0.25) is 0 Å². The summed E-state index contributed by atoms with van der Waals surface area (Å²) in [6.07, 6.45) is 0. The molecule has 0 spiro atoms. The van der Waals surface area contributed by atoms with Gasteiger partial charge in [0, 0.05) is 33.5 Å². The maximum atomic E-state index is 6.02. The van der Waals surface area contributed by atoms with Crippen LogP contribution in [0.3, 0.4) is 0 Å². The number of hydrogen-bond donors (Lipinski definition) is 1. The highest BCUT2D eigenvalue weighted by Gasteiger charge is 2.19. The second kappa shape index (κ2) is 6.55. The van der Waals surface area contributed by atoms with Crippen molar-refractivity contribution in [2.45, 2.75) is 19.9 Å². The second-order valence-corrected chi connectivity index (χ2v) is 6.40. The number of thiophene rings is 1. The Kier molecular flexibility index (Phi) is 5.02. The van der Waals surface area contributed by atoms with Crippen LogP contribution < -0.4 is 10.6 Å². The van der Waals surface area contributed by atoms with E-state index in [1.807, 2.05) is 0 Å². The van der Waals surface area contributed by atoms with Crippen molar-refractivity contribution in [3.8, 4) is 0 Å². The summed E-state index contributed by atoms with van der Waals surface area (Å²) in [7, 11) is 0. The number of halogens is 1. The molecule has 19 heavy (non-hydrogen) atoms. The van der Waals surface area contributed by atoms with E-state index in [0.717, 1.165) is 11.0 Å². The van der Waals surface area contributed by atoms with Gasteiger partial charge >= 0.3 is 0 Å². The molecule has 0 saturated heterocycles. The molecule has 0 aliphatic carbocycles. The molecule has 0 radical (unpaired) electrons. The molecule has 1 atom stereocenters. The molecule has 1 aromatic carbocycles. The van der Waals surface area contributed by atoms with Gasteiger partial charge in [-0.3, -0.25) is 0 Å². The quantitative estimate of drug-likeness (QED) is 0.878. The average molecular weight is 339 g/mol. The third kappa shape index (κ3) is 3.38. The molecular weight excluding hydrogens is 320 g/mol. The zero-order valence-electron chi connectivity index (χ0n) is 11.3. The molecule has 4 heteroatoms. The van der Waals surface area contributed by atoms with Crippen LogP contribution in [0.25, 0.3) is 0 Å². The zero-order valence-corrected chi connectivity index (χ0v) is 13.7. The largest absolute Gasteiger partial charge is 0.363 e. The minimum absolute atomic E-state index is 0.239. The third-order valence-electron chi connectivity index (χ3n) is 3.19. The molecule has 0 aliphatic rings. The summed E-state index contributed by atoms with van der Waals surface area (Å²) >= 11 is 5.28. The van der Waals surface area contributed by atoms with Crippen LogP contribution in [0.5, 0.6) is 0 Å². The number of anilines is 1. The van der Waals surface area contributed by atoms with E-state index < -0.39 is 0 Å². The lowest BCUT2D eigenvalue weighted by Crippen LogP contribution is -2.33. The van der Waals surface area contributed by atoms with Gasteiger partial charge in [-0.2, -0.15) is 0 Å². The predicted molar refractivity (Wildman–Crippen MR) is 88.0 cm³/mol. The highest BCUT2D eigenvalue weighted by Crippen LogP contribution is 2.32. The number of nitrogens with zero attached hydrogens (tertiary/aromatic N) is 1. The SMILES string of the molecule is CCN(c1cccc(C)c1)C(CN)c1cc(Br)cs1. The minimum Gasteiger partial charge on any atom is -0.363 e. The van der Waals surface area contributed by atoms with Gasteiger partial charge < -0.3 is 10.6 Å². The van der Waals surface area contributed by atoms with Crippen LogP contribution in [0.4, 0.5) is 5.69 Å². The first kappa shape index (κ1) is 14.6. The van der Waals surface area contributed by atoms with Crippen molar-refractivity contribution in [3.05, 3.63) is 50.6 Å². The van der Waals surface area contributed by atoms with Crippen LogP contribution in [-0.4, -0.2) is 13.1 Å². The molecule has 1 heterocycles. The normalized spacial score (nSPS) is 12.4. The van der Waals surface area contributed by atoms with Crippen LogP contribution in [0.15, 0.2) is 40.2 Å². The van der Waals surface area contributed by atoms with Gasteiger partial charge in [0.2, 0.25) is 0 Å². The summed E-state index contributed by atoms with van der Waals surface area (Å²) in [6.45, 7) is 5.86. The number of benzene rings is 1. The van der Waals surface area contributed by atoms with Gasteiger partial charge in [0.25, 0.3) is 0 Å². The lowest BCUT2D eigenvalue weighted by molar-refractivity contribution is 0.653. The summed E-state index contributed by atoms with van der Waals surface area (Å²) < 4.78 is 1.13. The molecule has 102 valence electrons. The number of nitrogens with two attached hydrogens (primary N) is 1. The molecule has 0 bridgehead atoms. The van der Waals surface area contributed by atoms with Gasteiger partial charge in [-0.05, 0) is 53.5 Å². The summed E-state index contributed by atoms with van der Waals surface area (Å²) in [5, 5.41) is 2.11. The highest BCUT2D eigenvalue weighted by atomic mass is 79.9. The first-order valence-corrected chi connectivity index (χ1v) is 8.10. The summed E-state index contributed by atoms with van der Waals surface area (Å²) in [4.78, 5) is 3.67. The molecule has 0 saturated carbocycles. The molecule has 0 aliphatic heterocycles. The van der Waals surface area contributed by atoms with Crippen molar-refractivity contribution in [1.29, 1.82) is 0 Å². The van der Waals surface area contributed by atoms with Gasteiger partial charge in [0.1, 0.15) is 0 Å². The number of hydrogen-bond acceptors (Lipinski definition) is 3. The van der Waals surface area contributed by atoms with E-state index in [1.165, 1.54) is 16.1 Å². The summed E-state index contributed by atoms with van der Waals surface area (Å²) in [5.41, 5.74) is 8.53. The first-order valence-electron chi connectivity index (χ1n) is 6.43. The van der Waals surface area contributed by atoms with Crippen molar-refractivity contribution in [3.63, 3.8) is 0 Å². The van der Waals surface area contributed by atoms with E-state index in [1.54, 1.807) is 11.3 Å². The Hall–Kier alpha value is -0.840. The number of aryl methyl sites for hydroxylation is 1. The summed E-state index contributed by atoms with van der Waals surface area (Å²) in [6, 6.07) is 11.0. The Labute approximate surface area is 127 Å². The van der Waals surface area contributed by atoms with Crippen LogP contribution in [0.1, 0.15) is 23.4 Å². The van der Waals surface area contributed by atoms with Gasteiger partial charge in [0.05, 0.1) is 6.04 Å². The Morgan fingerprint density at radius 2 is 2.16 bits per heavy atom. The lowest BCUT2D eigenvalue weighted by atomic mass is 10.1. The monoisotopic (exact) mass is 338 g/mol. The molecule has 2 aromatic rings. The highest BCUT2D eigenvalue weighted by molar-refractivity contribution is 9.10. The van der Waals surface area contributed by atoms with Crippen molar-refractivity contribution in [2.24, 2.45) is 5.73 Å². The van der Waals surface area contributed by atoms with Crippen molar-refractivity contribution in [1.82, 2.24) is 0 Å². The van der Waals surface area contributed by atoms with Crippen LogP contribution in [0, 0.1) is 6.92 Å². The molecule has 1 unspecified atom stereocenters. The van der Waals surface area contributed by atoms with Gasteiger partial charge in [-0.25, -0.2) is 0 Å². The molecule has 2 nitrogen and oxygen atoms in total.